The zero-order valence-electron chi connectivity index (χ0n) is 24.4. The maximum Gasteiger partial charge on any atom is 0.517 e. The zero-order valence-corrected chi connectivity index (χ0v) is 24.4. The normalized spacial score (nSPS) is 20.3. The molecule has 2 fully saturated rings. The fourth-order valence-corrected chi connectivity index (χ4v) is 4.14. The van der Waals surface area contributed by atoms with Crippen LogP contribution in [0.15, 0.2) is 82.0 Å². The van der Waals surface area contributed by atoms with Crippen molar-refractivity contribution in [3.8, 4) is 22.9 Å². The van der Waals surface area contributed by atoms with Crippen molar-refractivity contribution in [2.45, 2.75) is 77.8 Å². The van der Waals surface area contributed by atoms with Crippen LogP contribution in [-0.4, -0.2) is 46.6 Å². The van der Waals surface area contributed by atoms with E-state index >= 15 is 0 Å². The molecular weight excluding hydrogens is 506 g/mol. The molecule has 0 amide bonds. The van der Waals surface area contributed by atoms with E-state index in [1.54, 1.807) is 12.5 Å². The lowest BCUT2D eigenvalue weighted by Crippen LogP contribution is -2.41. The van der Waals surface area contributed by atoms with Crippen molar-refractivity contribution in [3.63, 3.8) is 0 Å². The Morgan fingerprint density at radius 3 is 1.07 bits per heavy atom. The van der Waals surface area contributed by atoms with Gasteiger partial charge in [-0.15, -0.1) is 0 Å². The van der Waals surface area contributed by atoms with Crippen LogP contribution in [0.3, 0.4) is 0 Å². The van der Waals surface area contributed by atoms with Gasteiger partial charge < -0.3 is 27.5 Å². The molecule has 0 bridgehead atoms. The SMILES string of the molecule is CC1(C)OB(c2coc(-c3ccccc3)n2)OC1(C)C.CC1(C)OB(c2coc(-c3ccccc3)n2)OC1(C)C. The lowest BCUT2D eigenvalue weighted by Gasteiger charge is -2.32. The minimum absolute atomic E-state index is 0.372. The Morgan fingerprint density at radius 2 is 0.775 bits per heavy atom. The monoisotopic (exact) mass is 542 g/mol. The molecule has 0 spiro atoms. The first-order chi connectivity index (χ1) is 18.8. The molecule has 2 aromatic carbocycles. The Hall–Kier alpha value is -3.17. The summed E-state index contributed by atoms with van der Waals surface area (Å²) in [7, 11) is -0.970. The van der Waals surface area contributed by atoms with E-state index in [2.05, 4.69) is 9.97 Å². The fraction of sp³-hybridized carbons (Fsp3) is 0.400. The largest absolute Gasteiger partial charge is 0.517 e. The first-order valence-electron chi connectivity index (χ1n) is 13.5. The molecule has 0 saturated carbocycles. The predicted octanol–water partition coefficient (Wildman–Crippen LogP) is 5.28. The van der Waals surface area contributed by atoms with Gasteiger partial charge in [0, 0.05) is 11.1 Å². The van der Waals surface area contributed by atoms with E-state index < -0.39 is 14.2 Å². The van der Waals surface area contributed by atoms with Gasteiger partial charge in [0.1, 0.15) is 23.7 Å². The van der Waals surface area contributed by atoms with Gasteiger partial charge in [-0.1, -0.05) is 36.4 Å². The Morgan fingerprint density at radius 1 is 0.475 bits per heavy atom. The van der Waals surface area contributed by atoms with Gasteiger partial charge in [0.2, 0.25) is 11.8 Å². The summed E-state index contributed by atoms with van der Waals surface area (Å²) in [6, 6.07) is 19.6. The van der Waals surface area contributed by atoms with E-state index in [1.807, 2.05) is 116 Å². The summed E-state index contributed by atoms with van der Waals surface area (Å²) >= 11 is 0. The molecule has 10 heteroatoms. The summed E-state index contributed by atoms with van der Waals surface area (Å²) in [4.78, 5) is 8.95. The van der Waals surface area contributed by atoms with Crippen molar-refractivity contribution in [2.24, 2.45) is 0 Å². The van der Waals surface area contributed by atoms with Crippen LogP contribution in [0.25, 0.3) is 22.9 Å². The molecule has 6 rings (SSSR count). The van der Waals surface area contributed by atoms with Gasteiger partial charge >= 0.3 is 14.2 Å². The Balaban J connectivity index is 0.000000161. The molecule has 0 atom stereocenters. The maximum absolute atomic E-state index is 5.95. The number of hydrogen-bond acceptors (Lipinski definition) is 8. The topological polar surface area (TPSA) is 89.0 Å². The first kappa shape index (κ1) is 28.4. The van der Waals surface area contributed by atoms with Crippen molar-refractivity contribution in [1.82, 2.24) is 9.97 Å². The van der Waals surface area contributed by atoms with E-state index in [0.717, 1.165) is 11.1 Å². The summed E-state index contributed by atoms with van der Waals surface area (Å²) in [6.45, 7) is 16.2. The van der Waals surface area contributed by atoms with E-state index in [0.29, 0.717) is 23.0 Å². The molecule has 208 valence electrons. The van der Waals surface area contributed by atoms with Gasteiger partial charge in [-0.2, -0.15) is 0 Å². The molecule has 0 radical (unpaired) electrons. The lowest BCUT2D eigenvalue weighted by atomic mass is 9.86. The van der Waals surface area contributed by atoms with Gasteiger partial charge in [0.05, 0.1) is 22.4 Å². The standard InChI is InChI=1S/2C15H18BNO3/c2*1-14(2)15(3,4)20-16(19-14)12-10-18-13(17-12)11-8-6-5-7-9-11/h2*5-10H,1-4H3. The average Bonchev–Trinajstić information content (AvgIpc) is 3.66. The molecule has 2 saturated heterocycles. The van der Waals surface area contributed by atoms with E-state index in [1.165, 1.54) is 0 Å². The Labute approximate surface area is 236 Å². The maximum atomic E-state index is 5.95. The van der Waals surface area contributed by atoms with Gasteiger partial charge in [0.25, 0.3) is 0 Å². The number of rotatable bonds is 4. The Kier molecular flexibility index (Phi) is 7.33. The van der Waals surface area contributed by atoms with Crippen molar-refractivity contribution < 1.29 is 27.5 Å². The highest BCUT2D eigenvalue weighted by atomic mass is 16.7. The summed E-state index contributed by atoms with van der Waals surface area (Å²) in [5.41, 5.74) is 1.73. The van der Waals surface area contributed by atoms with Crippen LogP contribution < -0.4 is 11.2 Å². The Bertz CT molecular complexity index is 1290. The summed E-state index contributed by atoms with van der Waals surface area (Å²) in [5.74, 6) is 1.16. The minimum Gasteiger partial charge on any atom is -0.445 e. The van der Waals surface area contributed by atoms with Gasteiger partial charge in [-0.25, -0.2) is 9.97 Å². The number of oxazole rings is 2. The van der Waals surface area contributed by atoms with Gasteiger partial charge in [-0.05, 0) is 79.7 Å². The molecule has 0 unspecified atom stereocenters. The van der Waals surface area contributed by atoms with Crippen molar-refractivity contribution in [3.05, 3.63) is 73.2 Å². The molecule has 4 aromatic rings. The quantitative estimate of drug-likeness (QED) is 0.322. The van der Waals surface area contributed by atoms with Crippen molar-refractivity contribution >= 4 is 25.4 Å². The molecule has 2 aromatic heterocycles. The van der Waals surface area contributed by atoms with Crippen LogP contribution in [0.2, 0.25) is 0 Å². The highest BCUT2D eigenvalue weighted by molar-refractivity contribution is 6.61. The number of nitrogens with zero attached hydrogens (tertiary/aromatic N) is 2. The molecule has 8 nitrogen and oxygen atoms in total. The summed E-state index contributed by atoms with van der Waals surface area (Å²) < 4.78 is 34.9. The third kappa shape index (κ3) is 5.54. The van der Waals surface area contributed by atoms with Gasteiger partial charge in [0.15, 0.2) is 0 Å². The molecule has 2 aliphatic heterocycles. The highest BCUT2D eigenvalue weighted by Gasteiger charge is 2.54. The zero-order chi connectivity index (χ0) is 28.8. The fourth-order valence-electron chi connectivity index (χ4n) is 4.14. The van der Waals surface area contributed by atoms with E-state index in [4.69, 9.17) is 27.5 Å². The van der Waals surface area contributed by atoms with Crippen molar-refractivity contribution in [2.75, 3.05) is 0 Å². The highest BCUT2D eigenvalue weighted by Crippen LogP contribution is 2.37. The molecular formula is C30H36B2N2O6. The first-order valence-corrected chi connectivity index (χ1v) is 13.5. The van der Waals surface area contributed by atoms with Crippen LogP contribution in [0, 0.1) is 0 Å². The number of aromatic nitrogens is 2. The van der Waals surface area contributed by atoms with Crippen LogP contribution >= 0.6 is 0 Å². The molecule has 40 heavy (non-hydrogen) atoms. The second-order valence-corrected chi connectivity index (χ2v) is 12.1. The summed E-state index contributed by atoms with van der Waals surface area (Å²) in [6.07, 6.45) is 3.20. The molecule has 0 aliphatic carbocycles. The van der Waals surface area contributed by atoms with Crippen LogP contribution in [-0.2, 0) is 18.6 Å². The van der Waals surface area contributed by atoms with Crippen LogP contribution in [0.4, 0.5) is 0 Å². The second kappa shape index (κ2) is 10.3. The lowest BCUT2D eigenvalue weighted by molar-refractivity contribution is 0.00578. The average molecular weight is 542 g/mol. The minimum atomic E-state index is -0.485. The summed E-state index contributed by atoms with van der Waals surface area (Å²) in [5, 5.41) is 0. The van der Waals surface area contributed by atoms with E-state index in [9.17, 15) is 0 Å². The molecule has 0 N–H and O–H groups in total. The predicted molar refractivity (Wildman–Crippen MR) is 155 cm³/mol. The van der Waals surface area contributed by atoms with Crippen molar-refractivity contribution in [1.29, 1.82) is 0 Å². The number of benzene rings is 2. The van der Waals surface area contributed by atoms with Crippen LogP contribution in [0.1, 0.15) is 55.4 Å². The third-order valence-corrected chi connectivity index (χ3v) is 8.07. The van der Waals surface area contributed by atoms with E-state index in [-0.39, 0.29) is 22.4 Å². The number of hydrogen-bond donors (Lipinski definition) is 0. The van der Waals surface area contributed by atoms with Gasteiger partial charge in [-0.3, -0.25) is 0 Å². The second-order valence-electron chi connectivity index (χ2n) is 12.1. The smallest absolute Gasteiger partial charge is 0.445 e. The molecule has 4 heterocycles. The third-order valence-electron chi connectivity index (χ3n) is 8.07. The van der Waals surface area contributed by atoms with Crippen LogP contribution in [0.5, 0.6) is 0 Å². The molecule has 2 aliphatic rings.